The topological polar surface area (TPSA) is 12.9 Å². The summed E-state index contributed by atoms with van der Waals surface area (Å²) in [5, 5.41) is 0. The lowest BCUT2D eigenvalue weighted by atomic mass is 10.3. The molecule has 1 rings (SSSR count). The van der Waals surface area contributed by atoms with E-state index in [2.05, 4.69) is 4.98 Å². The average molecular weight is 104 g/mol. The minimum absolute atomic E-state index is 0. The maximum absolute atomic E-state index is 3.85. The maximum atomic E-state index is 3.85. The second-order valence-electron chi connectivity index (χ2n) is 1.52. The zero-order chi connectivity index (χ0) is 5.11. The number of rotatable bonds is 0. The minimum atomic E-state index is 0. The molecule has 0 saturated carbocycles. The normalized spacial score (nSPS) is 7.62. The van der Waals surface area contributed by atoms with Crippen molar-refractivity contribution >= 4 is 8.41 Å². The molecule has 0 bridgehead atoms. The molecule has 0 fully saturated rings. The van der Waals surface area contributed by atoms with Crippen LogP contribution in [-0.4, -0.2) is 13.4 Å². The number of hydrogen-bond donors (Lipinski definition) is 0. The van der Waals surface area contributed by atoms with Crippen LogP contribution >= 0.6 is 0 Å². The summed E-state index contributed by atoms with van der Waals surface area (Å²) in [6.45, 7) is 2.04. The quantitative estimate of drug-likeness (QED) is 0.447. The van der Waals surface area contributed by atoms with Gasteiger partial charge in [0.25, 0.3) is 0 Å². The summed E-state index contributed by atoms with van der Waals surface area (Å²) in [6.07, 6.45) is 3.57. The van der Waals surface area contributed by atoms with E-state index in [1.165, 1.54) is 5.56 Å². The number of aryl methyl sites for hydroxylation is 1. The van der Waals surface area contributed by atoms with Crippen LogP contribution in [0.5, 0.6) is 0 Å². The fourth-order valence-electron chi connectivity index (χ4n) is 0.426. The van der Waals surface area contributed by atoms with Gasteiger partial charge in [0.15, 0.2) is 0 Å². The van der Waals surface area contributed by atoms with Gasteiger partial charge in [0.1, 0.15) is 0 Å². The van der Waals surface area contributed by atoms with Crippen LogP contribution in [0.2, 0.25) is 0 Å². The van der Waals surface area contributed by atoms with Crippen LogP contribution in [0.15, 0.2) is 24.5 Å². The van der Waals surface area contributed by atoms with Crippen LogP contribution in [0.3, 0.4) is 0 Å². The third-order valence-corrected chi connectivity index (χ3v) is 0.847. The van der Waals surface area contributed by atoms with Gasteiger partial charge in [0.05, 0.1) is 0 Å². The molecule has 8 heavy (non-hydrogen) atoms. The molecule has 0 aliphatic carbocycles. The molecule has 3 radical (unpaired) electrons. The van der Waals surface area contributed by atoms with Gasteiger partial charge in [-0.2, -0.15) is 0 Å². The first-order valence-electron chi connectivity index (χ1n) is 2.26. The van der Waals surface area contributed by atoms with Crippen molar-refractivity contribution in [2.24, 2.45) is 0 Å². The molecule has 1 aromatic heterocycles. The molecular weight excluding hydrogens is 96.9 g/mol. The molecule has 0 N–H and O–H groups in total. The van der Waals surface area contributed by atoms with E-state index in [0.717, 1.165) is 0 Å². The van der Waals surface area contributed by atoms with Crippen molar-refractivity contribution < 1.29 is 0 Å². The Hall–Kier alpha value is -0.785. The molecule has 2 heteroatoms. The maximum Gasteiger partial charge on any atom is 0.0270 e. The van der Waals surface area contributed by atoms with Gasteiger partial charge in [0, 0.05) is 20.8 Å². The Labute approximate surface area is 51.3 Å². The van der Waals surface area contributed by atoms with Crippen molar-refractivity contribution in [1.29, 1.82) is 0 Å². The smallest absolute Gasteiger partial charge is 0.0270 e. The Morgan fingerprint density at radius 2 is 1.75 bits per heavy atom. The molecule has 0 atom stereocenters. The third-order valence-electron chi connectivity index (χ3n) is 0.847. The van der Waals surface area contributed by atoms with Gasteiger partial charge < -0.3 is 0 Å². The van der Waals surface area contributed by atoms with Crippen LogP contribution < -0.4 is 0 Å². The lowest BCUT2D eigenvalue weighted by Gasteiger charge is -1.82. The Morgan fingerprint density at radius 3 is 2.00 bits per heavy atom. The van der Waals surface area contributed by atoms with E-state index in [-0.39, 0.29) is 8.41 Å². The van der Waals surface area contributed by atoms with Crippen LogP contribution in [0.1, 0.15) is 5.56 Å². The number of nitrogens with zero attached hydrogens (tertiary/aromatic N) is 1. The Balaban J connectivity index is 0.000000490. The van der Waals surface area contributed by atoms with Crippen molar-refractivity contribution in [2.75, 3.05) is 0 Å². The van der Waals surface area contributed by atoms with E-state index in [1.54, 1.807) is 12.4 Å². The molecule has 0 aromatic carbocycles. The summed E-state index contributed by atoms with van der Waals surface area (Å²) < 4.78 is 0. The predicted molar refractivity (Wildman–Crippen MR) is 34.7 cm³/mol. The highest BCUT2D eigenvalue weighted by molar-refractivity contribution is 5.75. The second kappa shape index (κ2) is 3.25. The Bertz CT molecular complexity index is 138. The molecule has 0 saturated heterocycles. The zero-order valence-corrected chi connectivity index (χ0v) is 4.83. The molecule has 0 unspecified atom stereocenters. The van der Waals surface area contributed by atoms with Gasteiger partial charge in [0.2, 0.25) is 0 Å². The average Bonchev–Trinajstić information content (AvgIpc) is 1.69. The summed E-state index contributed by atoms with van der Waals surface area (Å²) in [5.41, 5.74) is 1.26. The standard InChI is InChI=1S/C6H7N.B/c1-6-2-4-7-5-3-6;/h2-5H,1H3;. The van der Waals surface area contributed by atoms with E-state index in [0.29, 0.717) is 0 Å². The van der Waals surface area contributed by atoms with E-state index in [4.69, 9.17) is 0 Å². The van der Waals surface area contributed by atoms with Gasteiger partial charge in [-0.3, -0.25) is 4.98 Å². The van der Waals surface area contributed by atoms with Gasteiger partial charge in [-0.15, -0.1) is 0 Å². The second-order valence-corrected chi connectivity index (χ2v) is 1.52. The number of aromatic nitrogens is 1. The fraction of sp³-hybridized carbons (Fsp3) is 0.167. The first-order chi connectivity index (χ1) is 3.39. The molecule has 0 amide bonds. The van der Waals surface area contributed by atoms with Crippen LogP contribution in [-0.2, 0) is 0 Å². The molecular formula is C6H7BN. The minimum Gasteiger partial charge on any atom is -0.265 e. The Morgan fingerprint density at radius 1 is 1.25 bits per heavy atom. The molecule has 1 heterocycles. The van der Waals surface area contributed by atoms with Gasteiger partial charge in [-0.1, -0.05) is 0 Å². The zero-order valence-electron chi connectivity index (χ0n) is 4.83. The first-order valence-corrected chi connectivity index (χ1v) is 2.26. The first kappa shape index (κ1) is 7.21. The number of pyridine rings is 1. The summed E-state index contributed by atoms with van der Waals surface area (Å²) in [6, 6.07) is 3.94. The van der Waals surface area contributed by atoms with Gasteiger partial charge in [-0.25, -0.2) is 0 Å². The van der Waals surface area contributed by atoms with Crippen molar-refractivity contribution in [3.63, 3.8) is 0 Å². The highest BCUT2D eigenvalue weighted by Gasteiger charge is 1.72. The lowest BCUT2D eigenvalue weighted by molar-refractivity contribution is 1.29. The number of hydrogen-bond acceptors (Lipinski definition) is 1. The lowest BCUT2D eigenvalue weighted by Crippen LogP contribution is -1.68. The summed E-state index contributed by atoms with van der Waals surface area (Å²) >= 11 is 0. The third kappa shape index (κ3) is 1.78. The molecule has 0 spiro atoms. The van der Waals surface area contributed by atoms with E-state index in [9.17, 15) is 0 Å². The fourth-order valence-corrected chi connectivity index (χ4v) is 0.426. The van der Waals surface area contributed by atoms with Crippen LogP contribution in [0.25, 0.3) is 0 Å². The van der Waals surface area contributed by atoms with Crippen molar-refractivity contribution in [3.05, 3.63) is 30.1 Å². The van der Waals surface area contributed by atoms with E-state index < -0.39 is 0 Å². The predicted octanol–water partition coefficient (Wildman–Crippen LogP) is 1.01. The van der Waals surface area contributed by atoms with E-state index >= 15 is 0 Å². The molecule has 0 aliphatic rings. The summed E-state index contributed by atoms with van der Waals surface area (Å²) in [5.74, 6) is 0. The SMILES string of the molecule is Cc1ccncc1.[B]. The largest absolute Gasteiger partial charge is 0.265 e. The molecule has 0 aliphatic heterocycles. The molecule has 39 valence electrons. The monoisotopic (exact) mass is 104 g/mol. The van der Waals surface area contributed by atoms with Crippen LogP contribution in [0.4, 0.5) is 0 Å². The Kier molecular flexibility index (Phi) is 2.93. The van der Waals surface area contributed by atoms with Crippen molar-refractivity contribution in [2.45, 2.75) is 6.92 Å². The highest BCUT2D eigenvalue weighted by atomic mass is 14.6. The highest BCUT2D eigenvalue weighted by Crippen LogP contribution is 1.88. The molecule has 1 aromatic rings. The van der Waals surface area contributed by atoms with Gasteiger partial charge in [-0.05, 0) is 24.6 Å². The van der Waals surface area contributed by atoms with E-state index in [1.807, 2.05) is 19.1 Å². The van der Waals surface area contributed by atoms with Crippen molar-refractivity contribution in [3.8, 4) is 0 Å². The van der Waals surface area contributed by atoms with Crippen LogP contribution in [0, 0.1) is 6.92 Å². The van der Waals surface area contributed by atoms with Crippen molar-refractivity contribution in [1.82, 2.24) is 4.98 Å². The summed E-state index contributed by atoms with van der Waals surface area (Å²) in [7, 11) is 0. The molecule has 1 nitrogen and oxygen atoms in total. The van der Waals surface area contributed by atoms with Gasteiger partial charge >= 0.3 is 0 Å². The summed E-state index contributed by atoms with van der Waals surface area (Å²) in [4.78, 5) is 3.85.